The summed E-state index contributed by atoms with van der Waals surface area (Å²) in [5, 5.41) is 11.6. The van der Waals surface area contributed by atoms with Gasteiger partial charge in [-0.25, -0.2) is 9.88 Å². The Kier molecular flexibility index (Phi) is 4.74. The fourth-order valence-corrected chi connectivity index (χ4v) is 6.34. The summed E-state index contributed by atoms with van der Waals surface area (Å²) < 4.78 is 12.4. The molecule has 7 nitrogen and oxygen atoms in total. The third kappa shape index (κ3) is 3.10. The number of aryl methyl sites for hydroxylation is 1. The highest BCUT2D eigenvalue weighted by molar-refractivity contribution is 6.24. The monoisotopic (exact) mass is 467 g/mol. The number of nitriles is 1. The lowest BCUT2D eigenvalue weighted by Gasteiger charge is -2.31. The second kappa shape index (κ2) is 7.62. The molecule has 2 aromatic carbocycles. The Balaban J connectivity index is 1.34. The van der Waals surface area contributed by atoms with Gasteiger partial charge in [0.1, 0.15) is 6.07 Å². The molecule has 3 fully saturated rings. The van der Waals surface area contributed by atoms with Gasteiger partial charge in [-0.05, 0) is 44.2 Å². The molecule has 1 aromatic heterocycles. The molecule has 3 aromatic rings. The van der Waals surface area contributed by atoms with E-state index in [1.165, 1.54) is 4.90 Å². The molecule has 176 valence electrons. The molecule has 0 N–H and O–H groups in total. The van der Waals surface area contributed by atoms with Crippen LogP contribution in [-0.2, 0) is 14.3 Å². The van der Waals surface area contributed by atoms with E-state index in [4.69, 9.17) is 9.47 Å². The third-order valence-corrected chi connectivity index (χ3v) is 7.91. The van der Waals surface area contributed by atoms with E-state index in [0.717, 1.165) is 16.5 Å². The second-order valence-corrected chi connectivity index (χ2v) is 9.96. The molecule has 0 saturated carbocycles. The van der Waals surface area contributed by atoms with Gasteiger partial charge in [0.2, 0.25) is 17.7 Å². The number of ether oxygens (including phenoxy) is 2. The Labute approximate surface area is 203 Å². The molecule has 0 radical (unpaired) electrons. The van der Waals surface area contributed by atoms with Crippen LogP contribution < -0.4 is 9.64 Å². The first kappa shape index (κ1) is 21.8. The van der Waals surface area contributed by atoms with Crippen molar-refractivity contribution in [3.63, 3.8) is 0 Å². The maximum atomic E-state index is 13.9. The fraction of sp³-hybridized carbons (Fsp3) is 0.357. The van der Waals surface area contributed by atoms with Crippen LogP contribution in [0.4, 0.5) is 5.69 Å². The van der Waals surface area contributed by atoms with Gasteiger partial charge >= 0.3 is 0 Å². The minimum absolute atomic E-state index is 0.280. The number of pyridine rings is 1. The van der Waals surface area contributed by atoms with E-state index in [1.807, 2.05) is 56.3 Å². The molecule has 0 spiro atoms. The highest BCUT2D eigenvalue weighted by Gasteiger charge is 2.74. The number of carbonyl (C=O) groups is 2. The number of aromatic nitrogens is 1. The molecule has 0 aliphatic carbocycles. The molecular weight excluding hydrogens is 442 g/mol. The number of imide groups is 1. The van der Waals surface area contributed by atoms with Gasteiger partial charge in [-0.2, -0.15) is 5.26 Å². The molecule has 3 aliphatic rings. The van der Waals surface area contributed by atoms with Gasteiger partial charge in [-0.3, -0.25) is 9.59 Å². The number of fused-ring (bicyclic) bond motifs is 6. The fourth-order valence-electron chi connectivity index (χ4n) is 6.34. The van der Waals surface area contributed by atoms with Crippen LogP contribution in [0.1, 0.15) is 37.4 Å². The molecule has 7 heteroatoms. The lowest BCUT2D eigenvalue weighted by Crippen LogP contribution is -2.43. The smallest absolute Gasteiger partial charge is 0.240 e. The zero-order valence-electron chi connectivity index (χ0n) is 19.7. The summed E-state index contributed by atoms with van der Waals surface area (Å²) >= 11 is 0. The maximum absolute atomic E-state index is 13.9. The maximum Gasteiger partial charge on any atom is 0.240 e. The summed E-state index contributed by atoms with van der Waals surface area (Å²) in [4.78, 5) is 33.2. The van der Waals surface area contributed by atoms with Gasteiger partial charge in [-0.15, -0.1) is 0 Å². The lowest BCUT2D eigenvalue weighted by atomic mass is 9.67. The van der Waals surface area contributed by atoms with Crippen molar-refractivity contribution in [1.82, 2.24) is 4.98 Å². The van der Waals surface area contributed by atoms with E-state index in [9.17, 15) is 14.9 Å². The third-order valence-electron chi connectivity index (χ3n) is 7.91. The second-order valence-electron chi connectivity index (χ2n) is 9.96. The topological polar surface area (TPSA) is 92.5 Å². The van der Waals surface area contributed by atoms with Gasteiger partial charge in [-0.1, -0.05) is 36.4 Å². The summed E-state index contributed by atoms with van der Waals surface area (Å²) in [6, 6.07) is 18.9. The molecule has 3 aliphatic heterocycles. The number of rotatable bonds is 5. The predicted molar refractivity (Wildman–Crippen MR) is 129 cm³/mol. The van der Waals surface area contributed by atoms with Gasteiger partial charge in [0.05, 0.1) is 40.9 Å². The summed E-state index contributed by atoms with van der Waals surface area (Å²) in [6.45, 7) is 4.16. The Morgan fingerprint density at radius 2 is 1.89 bits per heavy atom. The van der Waals surface area contributed by atoms with Crippen LogP contribution >= 0.6 is 0 Å². The van der Waals surface area contributed by atoms with Crippen LogP contribution in [0.2, 0.25) is 0 Å². The Hall–Kier alpha value is -3.76. The van der Waals surface area contributed by atoms with Gasteiger partial charge in [0, 0.05) is 23.6 Å². The molecule has 4 atom stereocenters. The van der Waals surface area contributed by atoms with Crippen molar-refractivity contribution in [2.75, 3.05) is 11.5 Å². The molecular formula is C28H25N3O4. The molecule has 3 saturated heterocycles. The first-order valence-corrected chi connectivity index (χ1v) is 11.9. The number of anilines is 1. The number of amides is 2. The predicted octanol–water partition coefficient (Wildman–Crippen LogP) is 4.31. The van der Waals surface area contributed by atoms with Crippen molar-refractivity contribution in [3.05, 3.63) is 65.9 Å². The number of benzene rings is 2. The van der Waals surface area contributed by atoms with Crippen molar-refractivity contribution in [2.45, 2.75) is 44.3 Å². The average molecular weight is 468 g/mol. The molecule has 2 amide bonds. The van der Waals surface area contributed by atoms with Crippen LogP contribution in [0.15, 0.2) is 54.6 Å². The first-order chi connectivity index (χ1) is 16.9. The van der Waals surface area contributed by atoms with E-state index in [0.29, 0.717) is 43.0 Å². The van der Waals surface area contributed by atoms with E-state index in [2.05, 4.69) is 11.1 Å². The average Bonchev–Trinajstić information content (AvgIpc) is 3.43. The normalized spacial score (nSPS) is 29.0. The van der Waals surface area contributed by atoms with Crippen molar-refractivity contribution < 1.29 is 19.1 Å². The van der Waals surface area contributed by atoms with E-state index in [-0.39, 0.29) is 11.8 Å². The van der Waals surface area contributed by atoms with E-state index >= 15 is 0 Å². The van der Waals surface area contributed by atoms with Crippen LogP contribution in [0.25, 0.3) is 10.8 Å². The Bertz CT molecular complexity index is 1430. The van der Waals surface area contributed by atoms with Crippen LogP contribution in [-0.4, -0.2) is 34.6 Å². The van der Waals surface area contributed by atoms with Gasteiger partial charge in [0.15, 0.2) is 0 Å². The van der Waals surface area contributed by atoms with E-state index < -0.39 is 23.0 Å². The number of hydrogen-bond donors (Lipinski definition) is 0. The molecule has 4 unspecified atom stereocenters. The van der Waals surface area contributed by atoms with Crippen molar-refractivity contribution >= 4 is 28.3 Å². The largest absolute Gasteiger partial charge is 0.478 e. The SMILES string of the molecule is Cc1cccc(OCCC23CCC(C)(O2)C2C(=O)N(c4ccc5ccccc5c4C#N)C(=O)C23)n1. The van der Waals surface area contributed by atoms with E-state index in [1.54, 1.807) is 12.1 Å². The van der Waals surface area contributed by atoms with Crippen molar-refractivity contribution in [1.29, 1.82) is 5.26 Å². The highest BCUT2D eigenvalue weighted by atomic mass is 16.5. The summed E-state index contributed by atoms with van der Waals surface area (Å²) in [7, 11) is 0. The zero-order valence-corrected chi connectivity index (χ0v) is 19.7. The minimum atomic E-state index is -0.769. The molecule has 6 rings (SSSR count). The highest BCUT2D eigenvalue weighted by Crippen LogP contribution is 2.62. The van der Waals surface area contributed by atoms with Crippen LogP contribution in [0, 0.1) is 30.1 Å². The summed E-state index contributed by atoms with van der Waals surface area (Å²) in [6.07, 6.45) is 1.87. The van der Waals surface area contributed by atoms with Gasteiger partial charge in [0.25, 0.3) is 0 Å². The quantitative estimate of drug-likeness (QED) is 0.519. The number of nitrogens with zero attached hydrogens (tertiary/aromatic N) is 3. The zero-order chi connectivity index (χ0) is 24.4. The van der Waals surface area contributed by atoms with Crippen LogP contribution in [0.3, 0.4) is 0 Å². The first-order valence-electron chi connectivity index (χ1n) is 11.9. The standard InChI is InChI=1S/C28H25N3O4/c1-17-6-5-9-22(30-17)34-15-14-28-13-12-27(2,35-28)23-24(28)26(33)31(25(23)32)21-11-10-18-7-3-4-8-19(18)20(21)16-29/h3-11,23-24H,12-15H2,1-2H3. The minimum Gasteiger partial charge on any atom is -0.478 e. The van der Waals surface area contributed by atoms with Crippen LogP contribution in [0.5, 0.6) is 5.88 Å². The van der Waals surface area contributed by atoms with Crippen molar-refractivity contribution in [2.24, 2.45) is 11.8 Å². The molecule has 4 heterocycles. The van der Waals surface area contributed by atoms with Crippen molar-refractivity contribution in [3.8, 4) is 11.9 Å². The molecule has 2 bridgehead atoms. The Morgan fingerprint density at radius 1 is 1.09 bits per heavy atom. The summed E-state index contributed by atoms with van der Waals surface area (Å²) in [5.41, 5.74) is 0.0773. The lowest BCUT2D eigenvalue weighted by molar-refractivity contribution is -0.131. The number of carbonyl (C=O) groups excluding carboxylic acids is 2. The number of hydrogen-bond acceptors (Lipinski definition) is 6. The van der Waals surface area contributed by atoms with Gasteiger partial charge < -0.3 is 9.47 Å². The summed E-state index contributed by atoms with van der Waals surface area (Å²) in [5.74, 6) is -1.21. The Morgan fingerprint density at radius 3 is 2.69 bits per heavy atom. The molecule has 35 heavy (non-hydrogen) atoms.